The van der Waals surface area contributed by atoms with Gasteiger partial charge in [-0.3, -0.25) is 10.1 Å². The number of para-hydroxylation sites is 1. The summed E-state index contributed by atoms with van der Waals surface area (Å²) < 4.78 is 0. The quantitative estimate of drug-likeness (QED) is 0.640. The molecule has 2 aromatic rings. The van der Waals surface area contributed by atoms with Gasteiger partial charge in [0.25, 0.3) is 0 Å². The van der Waals surface area contributed by atoms with Gasteiger partial charge in [-0.25, -0.2) is 0 Å². The van der Waals surface area contributed by atoms with Crippen molar-refractivity contribution in [2.45, 2.75) is 27.7 Å². The molecule has 0 radical (unpaired) electrons. The molecule has 2 aliphatic rings. The van der Waals surface area contributed by atoms with Crippen LogP contribution in [0.3, 0.4) is 0 Å². The summed E-state index contributed by atoms with van der Waals surface area (Å²) in [4.78, 5) is 4.45. The van der Waals surface area contributed by atoms with Gasteiger partial charge in [0.2, 0.25) is 0 Å². The Morgan fingerprint density at radius 2 is 1.48 bits per heavy atom. The van der Waals surface area contributed by atoms with Gasteiger partial charge in [-0.1, -0.05) is 76.3 Å². The number of allylic oxidation sites excluding steroid dienone is 3. The van der Waals surface area contributed by atoms with Crippen LogP contribution >= 0.6 is 0 Å². The lowest BCUT2D eigenvalue weighted by Gasteiger charge is -2.11. The fraction of sp³-hybridized carbons (Fsp3) is 0.273. The van der Waals surface area contributed by atoms with Crippen molar-refractivity contribution in [3.63, 3.8) is 0 Å². The monoisotopic (exact) mass is 331 g/mol. The van der Waals surface area contributed by atoms with Crippen LogP contribution in [0.15, 0.2) is 53.7 Å². The Morgan fingerprint density at radius 1 is 0.800 bits per heavy atom. The summed E-state index contributed by atoms with van der Waals surface area (Å²) >= 11 is 0. The van der Waals surface area contributed by atoms with E-state index < -0.39 is 0 Å². The first-order valence-electron chi connectivity index (χ1n) is 8.60. The van der Waals surface area contributed by atoms with Gasteiger partial charge in [-0.2, -0.15) is 5.10 Å². The highest BCUT2D eigenvalue weighted by Gasteiger charge is 2.13. The Hall–Kier alpha value is -2.68. The van der Waals surface area contributed by atoms with E-state index in [2.05, 4.69) is 85.4 Å². The minimum Gasteiger partial charge on any atom is -0.278 e. The molecular formula is C22H25N3. The Morgan fingerprint density at radius 3 is 2.32 bits per heavy atom. The topological polar surface area (TPSA) is 41.0 Å². The van der Waals surface area contributed by atoms with Crippen LogP contribution in [0, 0.1) is 10.8 Å². The molecule has 4 rings (SSSR count). The number of aromatic nitrogens is 2. The normalized spacial score (nSPS) is 18.4. The zero-order chi connectivity index (χ0) is 17.9. The van der Waals surface area contributed by atoms with Crippen molar-refractivity contribution in [1.29, 1.82) is 0 Å². The lowest BCUT2D eigenvalue weighted by Crippen LogP contribution is -2.07. The Balaban J connectivity index is 0.000000146. The summed E-state index contributed by atoms with van der Waals surface area (Å²) in [5, 5.41) is 6.91. The molecule has 0 fully saturated rings. The lowest BCUT2D eigenvalue weighted by atomic mass is 9.93. The number of nitrogens with one attached hydrogen (secondary N) is 1. The molecule has 1 aliphatic heterocycles. The molecule has 0 atom stereocenters. The molecule has 1 aromatic carbocycles. The van der Waals surface area contributed by atoms with Gasteiger partial charge < -0.3 is 0 Å². The van der Waals surface area contributed by atoms with Crippen LogP contribution < -0.4 is 0 Å². The van der Waals surface area contributed by atoms with Gasteiger partial charge in [0.1, 0.15) is 0 Å². The predicted molar refractivity (Wildman–Crippen MR) is 108 cm³/mol. The maximum absolute atomic E-state index is 4.45. The van der Waals surface area contributed by atoms with Crippen molar-refractivity contribution < 1.29 is 0 Å². The highest BCUT2D eigenvalue weighted by atomic mass is 15.1. The van der Waals surface area contributed by atoms with Gasteiger partial charge in [0, 0.05) is 22.6 Å². The van der Waals surface area contributed by atoms with E-state index in [1.807, 2.05) is 30.6 Å². The zero-order valence-electron chi connectivity index (χ0n) is 15.3. The van der Waals surface area contributed by atoms with E-state index in [0.29, 0.717) is 0 Å². The Labute approximate surface area is 149 Å². The third-order valence-corrected chi connectivity index (χ3v) is 4.24. The molecule has 1 aliphatic carbocycles. The van der Waals surface area contributed by atoms with Gasteiger partial charge in [0.15, 0.2) is 0 Å². The summed E-state index contributed by atoms with van der Waals surface area (Å²) in [6.07, 6.45) is 16.7. The van der Waals surface area contributed by atoms with Crippen LogP contribution in [0.25, 0.3) is 18.2 Å². The van der Waals surface area contributed by atoms with Gasteiger partial charge >= 0.3 is 0 Å². The summed E-state index contributed by atoms with van der Waals surface area (Å²) in [6, 6.07) is 8.18. The standard InChI is InChI=1S/C12H13N.C10H12N2/c1-12(2)8-7-10-5-3-4-6-11(10)13-9-12;1-10(2)5-3-8-7-11-12-9(8)4-6-10/h3-9H,1-2H3;3-7H,1-2H3,(H,11,12). The first-order valence-corrected chi connectivity index (χ1v) is 8.60. The summed E-state index contributed by atoms with van der Waals surface area (Å²) in [5.41, 5.74) is 4.74. The molecule has 0 bridgehead atoms. The highest BCUT2D eigenvalue weighted by Crippen LogP contribution is 2.28. The molecule has 0 amide bonds. The van der Waals surface area contributed by atoms with Crippen molar-refractivity contribution in [1.82, 2.24) is 10.2 Å². The number of hydrogen-bond donors (Lipinski definition) is 1. The van der Waals surface area contributed by atoms with Gasteiger partial charge in [-0.05, 0) is 17.7 Å². The van der Waals surface area contributed by atoms with E-state index in [1.165, 1.54) is 5.56 Å². The van der Waals surface area contributed by atoms with E-state index in [4.69, 9.17) is 0 Å². The van der Waals surface area contributed by atoms with E-state index in [0.717, 1.165) is 16.9 Å². The lowest BCUT2D eigenvalue weighted by molar-refractivity contribution is 0.633. The number of hydrogen-bond acceptors (Lipinski definition) is 2. The van der Waals surface area contributed by atoms with Crippen LogP contribution in [0.5, 0.6) is 0 Å². The minimum atomic E-state index is 0.0685. The maximum Gasteiger partial charge on any atom is 0.0698 e. The highest BCUT2D eigenvalue weighted by molar-refractivity contribution is 5.79. The Bertz CT molecular complexity index is 795. The predicted octanol–water partition coefficient (Wildman–Crippen LogP) is 5.92. The fourth-order valence-corrected chi connectivity index (χ4v) is 2.56. The number of aliphatic imine (C=N–C) groups is 1. The van der Waals surface area contributed by atoms with E-state index in [1.54, 1.807) is 0 Å². The van der Waals surface area contributed by atoms with Crippen LogP contribution in [0.4, 0.5) is 5.69 Å². The van der Waals surface area contributed by atoms with Crippen LogP contribution in [0.1, 0.15) is 44.5 Å². The number of aromatic amines is 1. The minimum absolute atomic E-state index is 0.0685. The van der Waals surface area contributed by atoms with Crippen LogP contribution in [-0.2, 0) is 0 Å². The first kappa shape index (κ1) is 17.2. The second-order valence-corrected chi connectivity index (χ2v) is 7.70. The van der Waals surface area contributed by atoms with E-state index in [-0.39, 0.29) is 10.8 Å². The number of rotatable bonds is 0. The zero-order valence-corrected chi connectivity index (χ0v) is 15.3. The average molecular weight is 331 g/mol. The third kappa shape index (κ3) is 4.44. The molecule has 0 spiro atoms. The number of H-pyrrole nitrogens is 1. The maximum atomic E-state index is 4.45. The van der Waals surface area contributed by atoms with Crippen LogP contribution in [-0.4, -0.2) is 16.4 Å². The number of fused-ring (bicyclic) bond motifs is 2. The van der Waals surface area contributed by atoms with Crippen LogP contribution in [0.2, 0.25) is 0 Å². The molecule has 0 saturated heterocycles. The fourth-order valence-electron chi connectivity index (χ4n) is 2.56. The van der Waals surface area contributed by atoms with Crippen molar-refractivity contribution in [2.75, 3.05) is 0 Å². The Kier molecular flexibility index (Phi) is 4.58. The van der Waals surface area contributed by atoms with Crippen molar-refractivity contribution in [3.05, 3.63) is 65.5 Å². The van der Waals surface area contributed by atoms with E-state index >= 15 is 0 Å². The molecule has 0 saturated carbocycles. The van der Waals surface area contributed by atoms with Gasteiger partial charge in [-0.15, -0.1) is 0 Å². The first-order chi connectivity index (χ1) is 11.8. The second kappa shape index (κ2) is 6.67. The van der Waals surface area contributed by atoms with Crippen molar-refractivity contribution in [3.8, 4) is 0 Å². The van der Waals surface area contributed by atoms with Crippen molar-refractivity contribution in [2.24, 2.45) is 15.8 Å². The molecule has 1 N–H and O–H groups in total. The number of nitrogens with zero attached hydrogens (tertiary/aromatic N) is 2. The average Bonchev–Trinajstić information content (AvgIpc) is 2.91. The van der Waals surface area contributed by atoms with E-state index in [9.17, 15) is 0 Å². The summed E-state index contributed by atoms with van der Waals surface area (Å²) in [7, 11) is 0. The molecular weight excluding hydrogens is 306 g/mol. The smallest absolute Gasteiger partial charge is 0.0698 e. The largest absolute Gasteiger partial charge is 0.278 e. The number of benzene rings is 1. The summed E-state index contributed by atoms with van der Waals surface area (Å²) in [5.74, 6) is 0. The molecule has 2 heterocycles. The molecule has 0 unspecified atom stereocenters. The summed E-state index contributed by atoms with van der Waals surface area (Å²) in [6.45, 7) is 8.66. The molecule has 128 valence electrons. The molecule has 1 aromatic heterocycles. The van der Waals surface area contributed by atoms with Crippen molar-refractivity contribution >= 4 is 30.1 Å². The molecule has 3 nitrogen and oxygen atoms in total. The van der Waals surface area contributed by atoms with Gasteiger partial charge in [0.05, 0.1) is 17.6 Å². The second-order valence-electron chi connectivity index (χ2n) is 7.70. The molecule has 25 heavy (non-hydrogen) atoms. The molecule has 3 heteroatoms. The third-order valence-electron chi connectivity index (χ3n) is 4.24. The SMILES string of the molecule is CC1(C)C=Cc2ccccc2N=C1.CC1(C)C=Cc2cn[nH]c2C=C1.